The molecule has 1 atom stereocenters. The van der Waals surface area contributed by atoms with Gasteiger partial charge in [-0.1, -0.05) is 29.5 Å². The third-order valence-electron chi connectivity index (χ3n) is 4.91. The number of fused-ring (bicyclic) bond motifs is 1. The van der Waals surface area contributed by atoms with Crippen molar-refractivity contribution in [2.75, 3.05) is 11.4 Å². The largest absolute Gasteiger partial charge is 0.340 e. The molecule has 2 aromatic heterocycles. The first kappa shape index (κ1) is 15.3. The Morgan fingerprint density at radius 3 is 2.92 bits per heavy atom. The molecule has 1 aliphatic heterocycles. The smallest absolute Gasteiger partial charge is 0.275 e. The fraction of sp³-hybridized carbons (Fsp3) is 0.389. The summed E-state index contributed by atoms with van der Waals surface area (Å²) in [7, 11) is 0. The third-order valence-corrected chi connectivity index (χ3v) is 5.87. The maximum absolute atomic E-state index is 12.0. The van der Waals surface area contributed by atoms with E-state index in [-0.39, 0.29) is 5.56 Å². The van der Waals surface area contributed by atoms with Crippen LogP contribution in [0.4, 0.5) is 5.13 Å². The molecule has 0 saturated carbocycles. The number of aryl methyl sites for hydroxylation is 1. The minimum absolute atomic E-state index is 0.122. The molecule has 6 heteroatoms. The molecule has 3 aromatic rings. The molecule has 1 saturated heterocycles. The van der Waals surface area contributed by atoms with E-state index < -0.39 is 0 Å². The summed E-state index contributed by atoms with van der Waals surface area (Å²) in [5, 5.41) is 5.44. The van der Waals surface area contributed by atoms with Crippen LogP contribution in [0.2, 0.25) is 0 Å². The van der Waals surface area contributed by atoms with E-state index in [0.29, 0.717) is 11.0 Å². The van der Waals surface area contributed by atoms with Crippen LogP contribution in [0.15, 0.2) is 35.3 Å². The van der Waals surface area contributed by atoms with Gasteiger partial charge in [-0.3, -0.25) is 4.79 Å². The lowest BCUT2D eigenvalue weighted by molar-refractivity contribution is 0.469. The Labute approximate surface area is 144 Å². The van der Waals surface area contributed by atoms with Gasteiger partial charge in [0.15, 0.2) is 0 Å². The zero-order valence-electron chi connectivity index (χ0n) is 13.9. The molecule has 1 aromatic carbocycles. The minimum Gasteiger partial charge on any atom is -0.340 e. The summed E-state index contributed by atoms with van der Waals surface area (Å²) in [6.45, 7) is 5.32. The first-order valence-electron chi connectivity index (χ1n) is 8.33. The highest BCUT2D eigenvalue weighted by Gasteiger charge is 2.28. The number of rotatable bonds is 2. The van der Waals surface area contributed by atoms with Gasteiger partial charge in [0.25, 0.3) is 5.56 Å². The maximum Gasteiger partial charge on any atom is 0.275 e. The van der Waals surface area contributed by atoms with Crippen molar-refractivity contribution in [3.8, 4) is 0 Å². The van der Waals surface area contributed by atoms with Crippen LogP contribution in [-0.2, 0) is 0 Å². The standard InChI is InChI=1S/C18H20N4OS/c1-12-6-5-7-14(13(12)2)15-8-3-4-11-21(15)18-20-22-16(23)9-10-19-17(22)24-18/h5-7,9-10,15H,3-4,8,11H2,1-2H3. The first-order valence-corrected chi connectivity index (χ1v) is 9.14. The van der Waals surface area contributed by atoms with Gasteiger partial charge in [0.05, 0.1) is 6.04 Å². The highest BCUT2D eigenvalue weighted by atomic mass is 32.1. The summed E-state index contributed by atoms with van der Waals surface area (Å²) in [6, 6.07) is 8.29. The first-order chi connectivity index (χ1) is 11.6. The van der Waals surface area contributed by atoms with E-state index in [1.165, 1.54) is 45.0 Å². The van der Waals surface area contributed by atoms with Crippen LogP contribution in [-0.4, -0.2) is 21.1 Å². The SMILES string of the molecule is Cc1cccc(C2CCCCN2c2nn3c(=O)ccnc3s2)c1C. The molecule has 24 heavy (non-hydrogen) atoms. The molecule has 0 spiro atoms. The van der Waals surface area contributed by atoms with Gasteiger partial charge in [0, 0.05) is 18.8 Å². The molecular weight excluding hydrogens is 320 g/mol. The predicted octanol–water partition coefficient (Wildman–Crippen LogP) is 3.50. The molecular formula is C18H20N4OS. The van der Waals surface area contributed by atoms with Crippen LogP contribution in [0, 0.1) is 13.8 Å². The average Bonchev–Trinajstić information content (AvgIpc) is 3.03. The van der Waals surface area contributed by atoms with Crippen LogP contribution >= 0.6 is 11.3 Å². The zero-order chi connectivity index (χ0) is 16.7. The van der Waals surface area contributed by atoms with Crippen LogP contribution < -0.4 is 10.5 Å². The minimum atomic E-state index is -0.122. The summed E-state index contributed by atoms with van der Waals surface area (Å²) in [6.07, 6.45) is 5.04. The molecule has 124 valence electrons. The van der Waals surface area contributed by atoms with E-state index in [9.17, 15) is 4.79 Å². The van der Waals surface area contributed by atoms with Gasteiger partial charge >= 0.3 is 0 Å². The van der Waals surface area contributed by atoms with Gasteiger partial charge in [0.2, 0.25) is 10.1 Å². The summed E-state index contributed by atoms with van der Waals surface area (Å²) >= 11 is 1.49. The molecule has 1 unspecified atom stereocenters. The topological polar surface area (TPSA) is 50.5 Å². The summed E-state index contributed by atoms with van der Waals surface area (Å²) in [5.74, 6) is 0. The molecule has 0 amide bonds. The predicted molar refractivity (Wildman–Crippen MR) is 97.0 cm³/mol. The van der Waals surface area contributed by atoms with Gasteiger partial charge in [-0.05, 0) is 49.8 Å². The Hall–Kier alpha value is -2.21. The number of aromatic nitrogens is 3. The van der Waals surface area contributed by atoms with E-state index >= 15 is 0 Å². The molecule has 1 aliphatic rings. The molecule has 0 N–H and O–H groups in total. The lowest BCUT2D eigenvalue weighted by Gasteiger charge is -2.36. The number of hydrogen-bond donors (Lipinski definition) is 0. The Kier molecular flexibility index (Phi) is 3.84. The molecule has 4 rings (SSSR count). The highest BCUT2D eigenvalue weighted by molar-refractivity contribution is 7.20. The summed E-state index contributed by atoms with van der Waals surface area (Å²) in [4.78, 5) is 19.3. The van der Waals surface area contributed by atoms with Gasteiger partial charge in [0.1, 0.15) is 0 Å². The Balaban J connectivity index is 1.80. The number of anilines is 1. The molecule has 1 fully saturated rings. The summed E-state index contributed by atoms with van der Waals surface area (Å²) in [5.41, 5.74) is 3.92. The quantitative estimate of drug-likeness (QED) is 0.716. The van der Waals surface area contributed by atoms with Crippen molar-refractivity contribution in [1.29, 1.82) is 0 Å². The van der Waals surface area contributed by atoms with E-state index in [0.717, 1.165) is 24.5 Å². The van der Waals surface area contributed by atoms with Gasteiger partial charge in [-0.2, -0.15) is 4.52 Å². The summed E-state index contributed by atoms with van der Waals surface area (Å²) < 4.78 is 1.41. The number of piperidine rings is 1. The Morgan fingerprint density at radius 2 is 2.08 bits per heavy atom. The lowest BCUT2D eigenvalue weighted by atomic mass is 9.91. The van der Waals surface area contributed by atoms with Crippen molar-refractivity contribution in [2.24, 2.45) is 0 Å². The molecule has 0 radical (unpaired) electrons. The van der Waals surface area contributed by atoms with Crippen LogP contribution in [0.1, 0.15) is 42.0 Å². The van der Waals surface area contributed by atoms with Gasteiger partial charge in [-0.25, -0.2) is 4.98 Å². The molecule has 0 bridgehead atoms. The number of benzene rings is 1. The van der Waals surface area contributed by atoms with Crippen molar-refractivity contribution in [3.63, 3.8) is 0 Å². The lowest BCUT2D eigenvalue weighted by Crippen LogP contribution is -2.34. The van der Waals surface area contributed by atoms with Crippen molar-refractivity contribution < 1.29 is 0 Å². The van der Waals surface area contributed by atoms with E-state index in [1.54, 1.807) is 6.20 Å². The van der Waals surface area contributed by atoms with Crippen molar-refractivity contribution in [1.82, 2.24) is 14.6 Å². The van der Waals surface area contributed by atoms with Gasteiger partial charge in [-0.15, -0.1) is 5.10 Å². The third kappa shape index (κ3) is 2.51. The van der Waals surface area contributed by atoms with Crippen molar-refractivity contribution >= 4 is 21.4 Å². The molecule has 5 nitrogen and oxygen atoms in total. The zero-order valence-corrected chi connectivity index (χ0v) is 14.7. The van der Waals surface area contributed by atoms with E-state index in [1.807, 2.05) is 0 Å². The second-order valence-electron chi connectivity index (χ2n) is 6.36. The second kappa shape index (κ2) is 6.02. The number of hydrogen-bond acceptors (Lipinski definition) is 5. The molecule has 3 heterocycles. The monoisotopic (exact) mass is 340 g/mol. The fourth-order valence-electron chi connectivity index (χ4n) is 3.47. The maximum atomic E-state index is 12.0. The molecule has 0 aliphatic carbocycles. The van der Waals surface area contributed by atoms with E-state index in [4.69, 9.17) is 0 Å². The van der Waals surface area contributed by atoms with Crippen molar-refractivity contribution in [2.45, 2.75) is 39.2 Å². The Morgan fingerprint density at radius 1 is 1.21 bits per heavy atom. The normalized spacial score (nSPS) is 18.2. The fourth-order valence-corrected chi connectivity index (χ4v) is 4.42. The average molecular weight is 340 g/mol. The van der Waals surface area contributed by atoms with Crippen molar-refractivity contribution in [3.05, 3.63) is 57.5 Å². The van der Waals surface area contributed by atoms with Crippen LogP contribution in [0.3, 0.4) is 0 Å². The second-order valence-corrected chi connectivity index (χ2v) is 7.29. The van der Waals surface area contributed by atoms with E-state index in [2.05, 4.69) is 47.0 Å². The van der Waals surface area contributed by atoms with Crippen LogP contribution in [0.5, 0.6) is 0 Å². The Bertz CT molecular complexity index is 946. The van der Waals surface area contributed by atoms with Crippen LogP contribution in [0.25, 0.3) is 4.96 Å². The number of nitrogens with zero attached hydrogens (tertiary/aromatic N) is 4. The van der Waals surface area contributed by atoms with Gasteiger partial charge < -0.3 is 4.90 Å². The highest BCUT2D eigenvalue weighted by Crippen LogP contribution is 2.38.